The lowest BCUT2D eigenvalue weighted by Gasteiger charge is -2.19. The molecule has 0 aliphatic rings. The highest BCUT2D eigenvalue weighted by molar-refractivity contribution is 7.89. The SMILES string of the molecule is COc1cc(S(=O)(=O)N(C)CC(C)O)ccc1N. The number of methoxy groups -OCH3 is 1. The van der Waals surface area contributed by atoms with E-state index in [-0.39, 0.29) is 11.4 Å². The summed E-state index contributed by atoms with van der Waals surface area (Å²) in [6.45, 7) is 1.55. The lowest BCUT2D eigenvalue weighted by molar-refractivity contribution is 0.171. The van der Waals surface area contributed by atoms with Gasteiger partial charge in [-0.15, -0.1) is 0 Å². The van der Waals surface area contributed by atoms with Crippen molar-refractivity contribution in [2.45, 2.75) is 17.9 Å². The summed E-state index contributed by atoms with van der Waals surface area (Å²) >= 11 is 0. The van der Waals surface area contributed by atoms with Crippen LogP contribution >= 0.6 is 0 Å². The molecule has 1 unspecified atom stereocenters. The predicted molar refractivity (Wildman–Crippen MR) is 68.9 cm³/mol. The van der Waals surface area contributed by atoms with Gasteiger partial charge in [-0.2, -0.15) is 4.31 Å². The zero-order chi connectivity index (χ0) is 13.9. The number of aliphatic hydroxyl groups excluding tert-OH is 1. The Hall–Kier alpha value is -1.31. The van der Waals surface area contributed by atoms with E-state index in [1.54, 1.807) is 0 Å². The number of rotatable bonds is 5. The highest BCUT2D eigenvalue weighted by Gasteiger charge is 2.22. The van der Waals surface area contributed by atoms with Crippen LogP contribution in [0.25, 0.3) is 0 Å². The fourth-order valence-corrected chi connectivity index (χ4v) is 2.77. The molecule has 6 nitrogen and oxygen atoms in total. The van der Waals surface area contributed by atoms with Crippen molar-refractivity contribution in [3.63, 3.8) is 0 Å². The van der Waals surface area contributed by atoms with Gasteiger partial charge in [-0.3, -0.25) is 0 Å². The predicted octanol–water partition coefficient (Wildman–Crippen LogP) is 0.279. The summed E-state index contributed by atoms with van der Waals surface area (Å²) in [6.07, 6.45) is -0.736. The third-order valence-corrected chi connectivity index (χ3v) is 4.25. The molecule has 1 aromatic carbocycles. The second kappa shape index (κ2) is 5.55. The second-order valence-electron chi connectivity index (χ2n) is 4.04. The van der Waals surface area contributed by atoms with E-state index in [0.717, 1.165) is 4.31 Å². The van der Waals surface area contributed by atoms with Crippen molar-refractivity contribution in [1.29, 1.82) is 0 Å². The zero-order valence-electron chi connectivity index (χ0n) is 10.6. The number of hydrogen-bond acceptors (Lipinski definition) is 5. The molecule has 0 fully saturated rings. The van der Waals surface area contributed by atoms with Crippen LogP contribution in [0.1, 0.15) is 6.92 Å². The van der Waals surface area contributed by atoms with E-state index in [9.17, 15) is 13.5 Å². The summed E-state index contributed by atoms with van der Waals surface area (Å²) in [4.78, 5) is 0.0803. The number of ether oxygens (including phenoxy) is 1. The summed E-state index contributed by atoms with van der Waals surface area (Å²) < 4.78 is 30.4. The van der Waals surface area contributed by atoms with Crippen LogP contribution in [0.4, 0.5) is 5.69 Å². The van der Waals surface area contributed by atoms with Crippen LogP contribution in [-0.4, -0.2) is 44.6 Å². The van der Waals surface area contributed by atoms with Crippen LogP contribution in [0, 0.1) is 0 Å². The first-order chi connectivity index (χ1) is 8.28. The summed E-state index contributed by atoms with van der Waals surface area (Å²) in [5.41, 5.74) is 6.00. The number of nitrogens with two attached hydrogens (primary N) is 1. The Labute approximate surface area is 107 Å². The van der Waals surface area contributed by atoms with E-state index in [1.807, 2.05) is 0 Å². The Morgan fingerprint density at radius 3 is 2.61 bits per heavy atom. The van der Waals surface area contributed by atoms with Crippen molar-refractivity contribution in [2.75, 3.05) is 26.4 Å². The van der Waals surface area contributed by atoms with E-state index in [0.29, 0.717) is 11.4 Å². The van der Waals surface area contributed by atoms with Gasteiger partial charge in [0.25, 0.3) is 0 Å². The third kappa shape index (κ3) is 3.12. The monoisotopic (exact) mass is 274 g/mol. The number of aliphatic hydroxyl groups is 1. The zero-order valence-corrected chi connectivity index (χ0v) is 11.4. The van der Waals surface area contributed by atoms with E-state index >= 15 is 0 Å². The van der Waals surface area contributed by atoms with Crippen LogP contribution in [-0.2, 0) is 10.0 Å². The Morgan fingerprint density at radius 1 is 1.50 bits per heavy atom. The standard InChI is InChI=1S/C11H18N2O4S/c1-8(14)7-13(2)18(15,16)9-4-5-10(12)11(6-9)17-3/h4-6,8,14H,7,12H2,1-3H3. The largest absolute Gasteiger partial charge is 0.495 e. The van der Waals surface area contributed by atoms with Gasteiger partial charge in [0.1, 0.15) is 5.75 Å². The lowest BCUT2D eigenvalue weighted by atomic mass is 10.3. The highest BCUT2D eigenvalue weighted by Crippen LogP contribution is 2.26. The van der Waals surface area contributed by atoms with Gasteiger partial charge < -0.3 is 15.6 Å². The first kappa shape index (κ1) is 14.7. The Morgan fingerprint density at radius 2 is 2.11 bits per heavy atom. The topological polar surface area (TPSA) is 92.9 Å². The Kier molecular flexibility index (Phi) is 4.55. The van der Waals surface area contributed by atoms with Crippen molar-refractivity contribution >= 4 is 15.7 Å². The molecular formula is C11H18N2O4S. The molecule has 0 aromatic heterocycles. The minimum absolute atomic E-state index is 0.0228. The van der Waals surface area contributed by atoms with E-state index in [4.69, 9.17) is 10.5 Å². The van der Waals surface area contributed by atoms with Crippen molar-refractivity contribution in [3.8, 4) is 5.75 Å². The maximum atomic E-state index is 12.2. The molecule has 0 bridgehead atoms. The van der Waals surface area contributed by atoms with Gasteiger partial charge in [0.2, 0.25) is 10.0 Å². The number of sulfonamides is 1. The van der Waals surface area contributed by atoms with Crippen LogP contribution in [0.15, 0.2) is 23.1 Å². The maximum Gasteiger partial charge on any atom is 0.243 e. The number of anilines is 1. The molecule has 0 aliphatic carbocycles. The fraction of sp³-hybridized carbons (Fsp3) is 0.455. The van der Waals surface area contributed by atoms with Crippen LogP contribution in [0.5, 0.6) is 5.75 Å². The highest BCUT2D eigenvalue weighted by atomic mass is 32.2. The summed E-state index contributed by atoms with van der Waals surface area (Å²) in [5, 5.41) is 9.23. The molecule has 0 spiro atoms. The van der Waals surface area contributed by atoms with E-state index in [2.05, 4.69) is 0 Å². The molecule has 0 aliphatic heterocycles. The van der Waals surface area contributed by atoms with Crippen LogP contribution < -0.4 is 10.5 Å². The van der Waals surface area contributed by atoms with Gasteiger partial charge in [0.15, 0.2) is 0 Å². The van der Waals surface area contributed by atoms with Gasteiger partial charge in [-0.05, 0) is 19.1 Å². The maximum absolute atomic E-state index is 12.2. The van der Waals surface area contributed by atoms with Gasteiger partial charge in [-0.25, -0.2) is 8.42 Å². The average Bonchev–Trinajstić information content (AvgIpc) is 2.28. The molecule has 1 rings (SSSR count). The molecule has 0 saturated heterocycles. The summed E-state index contributed by atoms with van der Waals surface area (Å²) in [5.74, 6) is 0.307. The van der Waals surface area contributed by atoms with Crippen LogP contribution in [0.2, 0.25) is 0 Å². The van der Waals surface area contributed by atoms with Crippen molar-refractivity contribution in [3.05, 3.63) is 18.2 Å². The van der Waals surface area contributed by atoms with Crippen molar-refractivity contribution in [2.24, 2.45) is 0 Å². The normalized spacial score (nSPS) is 13.6. The molecule has 0 saturated carbocycles. The molecule has 18 heavy (non-hydrogen) atoms. The molecule has 1 atom stereocenters. The minimum atomic E-state index is -3.65. The molecule has 0 heterocycles. The molecule has 3 N–H and O–H groups in total. The molecule has 7 heteroatoms. The summed E-state index contributed by atoms with van der Waals surface area (Å²) in [7, 11) is -0.820. The van der Waals surface area contributed by atoms with Gasteiger partial charge in [0, 0.05) is 19.7 Å². The first-order valence-corrected chi connectivity index (χ1v) is 6.81. The third-order valence-electron chi connectivity index (χ3n) is 2.43. The number of benzene rings is 1. The smallest absolute Gasteiger partial charge is 0.243 e. The first-order valence-electron chi connectivity index (χ1n) is 5.37. The van der Waals surface area contributed by atoms with Gasteiger partial charge in [-0.1, -0.05) is 0 Å². The van der Waals surface area contributed by atoms with Gasteiger partial charge >= 0.3 is 0 Å². The van der Waals surface area contributed by atoms with E-state index < -0.39 is 16.1 Å². The molecule has 0 radical (unpaired) electrons. The van der Waals surface area contributed by atoms with Crippen LogP contribution in [0.3, 0.4) is 0 Å². The minimum Gasteiger partial charge on any atom is -0.495 e. The summed E-state index contributed by atoms with van der Waals surface area (Å²) in [6, 6.07) is 4.25. The Balaban J connectivity index is 3.12. The second-order valence-corrected chi connectivity index (χ2v) is 6.08. The van der Waals surface area contributed by atoms with Gasteiger partial charge in [0.05, 0.1) is 23.8 Å². The number of nitrogen functional groups attached to an aromatic ring is 1. The molecule has 0 amide bonds. The number of likely N-dealkylation sites (N-methyl/N-ethyl adjacent to an activating group) is 1. The van der Waals surface area contributed by atoms with E-state index in [1.165, 1.54) is 39.3 Å². The molecule has 1 aromatic rings. The molecule has 102 valence electrons. The van der Waals surface area contributed by atoms with Crippen molar-refractivity contribution < 1.29 is 18.3 Å². The number of hydrogen-bond donors (Lipinski definition) is 2. The fourth-order valence-electron chi connectivity index (χ4n) is 1.50. The lowest BCUT2D eigenvalue weighted by Crippen LogP contribution is -2.33. The average molecular weight is 274 g/mol. The van der Waals surface area contributed by atoms with Crippen molar-refractivity contribution in [1.82, 2.24) is 4.31 Å². The quantitative estimate of drug-likeness (QED) is 0.752. The number of nitrogens with zero attached hydrogens (tertiary/aromatic N) is 1. The molecular weight excluding hydrogens is 256 g/mol. The Bertz CT molecular complexity index is 514.